The molecule has 0 saturated carbocycles. The minimum Gasteiger partial charge on any atom is -0.344 e. The van der Waals surface area contributed by atoms with E-state index in [0.717, 1.165) is 16.8 Å². The van der Waals surface area contributed by atoms with Gasteiger partial charge in [0.2, 0.25) is 5.91 Å². The Labute approximate surface area is 180 Å². The Bertz CT molecular complexity index is 1060. The van der Waals surface area contributed by atoms with Gasteiger partial charge in [0.15, 0.2) is 5.16 Å². The second-order valence-electron chi connectivity index (χ2n) is 6.93. The third kappa shape index (κ3) is 4.78. The van der Waals surface area contributed by atoms with Crippen LogP contribution in [-0.4, -0.2) is 26.4 Å². The zero-order chi connectivity index (χ0) is 20.8. The van der Waals surface area contributed by atoms with E-state index in [9.17, 15) is 4.79 Å². The van der Waals surface area contributed by atoms with E-state index in [1.165, 1.54) is 17.3 Å². The van der Waals surface area contributed by atoms with Gasteiger partial charge in [0.1, 0.15) is 6.33 Å². The summed E-state index contributed by atoms with van der Waals surface area (Å²) in [4.78, 5) is 12.8. The van der Waals surface area contributed by atoms with Gasteiger partial charge < -0.3 is 5.32 Å². The molecule has 3 aromatic carbocycles. The van der Waals surface area contributed by atoms with E-state index < -0.39 is 0 Å². The number of benzene rings is 3. The molecule has 0 fully saturated rings. The molecule has 4 aromatic rings. The Balaban J connectivity index is 1.46. The lowest BCUT2D eigenvalue weighted by molar-refractivity contribution is -0.119. The first-order valence-corrected chi connectivity index (χ1v) is 10.7. The first-order valence-electron chi connectivity index (χ1n) is 9.70. The molecule has 1 amide bonds. The molecule has 0 spiro atoms. The van der Waals surface area contributed by atoms with Gasteiger partial charge in [-0.15, -0.1) is 10.2 Å². The van der Waals surface area contributed by atoms with Gasteiger partial charge in [-0.05, 0) is 30.2 Å². The number of rotatable bonds is 7. The maximum atomic E-state index is 12.8. The molecule has 0 saturated heterocycles. The van der Waals surface area contributed by atoms with Crippen LogP contribution in [0.25, 0.3) is 5.69 Å². The van der Waals surface area contributed by atoms with Crippen molar-refractivity contribution in [3.63, 3.8) is 0 Å². The molecular formula is C24H22N4OS. The summed E-state index contributed by atoms with van der Waals surface area (Å²) in [5, 5.41) is 12.0. The second-order valence-corrected chi connectivity index (χ2v) is 7.87. The second kappa shape index (κ2) is 9.41. The molecule has 5 nitrogen and oxygen atoms in total. The fraction of sp³-hybridized carbons (Fsp3) is 0.125. The van der Waals surface area contributed by atoms with Crippen LogP contribution in [0.3, 0.4) is 0 Å². The summed E-state index contributed by atoms with van der Waals surface area (Å²) in [7, 11) is 0. The average Bonchev–Trinajstić information content (AvgIpc) is 3.26. The molecule has 0 bridgehead atoms. The molecule has 0 radical (unpaired) electrons. The van der Waals surface area contributed by atoms with Crippen molar-refractivity contribution >= 4 is 17.7 Å². The van der Waals surface area contributed by atoms with Crippen molar-refractivity contribution in [2.24, 2.45) is 0 Å². The lowest BCUT2D eigenvalue weighted by Crippen LogP contribution is -2.30. The van der Waals surface area contributed by atoms with Gasteiger partial charge >= 0.3 is 0 Å². The van der Waals surface area contributed by atoms with Crippen LogP contribution in [-0.2, 0) is 4.79 Å². The van der Waals surface area contributed by atoms with Crippen molar-refractivity contribution in [3.8, 4) is 5.69 Å². The fourth-order valence-electron chi connectivity index (χ4n) is 3.19. The van der Waals surface area contributed by atoms with Crippen LogP contribution in [0.1, 0.15) is 22.7 Å². The van der Waals surface area contributed by atoms with Crippen molar-refractivity contribution in [3.05, 3.63) is 108 Å². The van der Waals surface area contributed by atoms with Crippen LogP contribution >= 0.6 is 11.8 Å². The molecule has 1 N–H and O–H groups in total. The maximum Gasteiger partial charge on any atom is 0.231 e. The van der Waals surface area contributed by atoms with Gasteiger partial charge in [0.25, 0.3) is 0 Å². The zero-order valence-electron chi connectivity index (χ0n) is 16.6. The molecule has 1 aromatic heterocycles. The Kier molecular flexibility index (Phi) is 6.25. The van der Waals surface area contributed by atoms with E-state index in [4.69, 9.17) is 0 Å². The van der Waals surface area contributed by atoms with E-state index in [2.05, 4.69) is 15.5 Å². The normalized spacial score (nSPS) is 10.9. The predicted octanol–water partition coefficient (Wildman–Crippen LogP) is 4.57. The molecule has 30 heavy (non-hydrogen) atoms. The standard InChI is InChI=1S/C24H22N4OS/c1-18-12-14-21(15-13-18)28-17-25-27-24(28)30-16-22(29)26-23(19-8-4-2-5-9-19)20-10-6-3-7-11-20/h2-15,17,23H,16H2,1H3,(H,26,29). The monoisotopic (exact) mass is 414 g/mol. The third-order valence-corrected chi connectivity index (χ3v) is 5.68. The highest BCUT2D eigenvalue weighted by atomic mass is 32.2. The van der Waals surface area contributed by atoms with E-state index in [-0.39, 0.29) is 17.7 Å². The van der Waals surface area contributed by atoms with E-state index in [0.29, 0.717) is 5.16 Å². The first kappa shape index (κ1) is 19.9. The van der Waals surface area contributed by atoms with Crippen molar-refractivity contribution in [1.82, 2.24) is 20.1 Å². The summed E-state index contributed by atoms with van der Waals surface area (Å²) in [5.41, 5.74) is 4.25. The zero-order valence-corrected chi connectivity index (χ0v) is 17.4. The molecule has 0 aliphatic rings. The number of carbonyl (C=O) groups excluding carboxylic acids is 1. The quantitative estimate of drug-likeness (QED) is 0.450. The third-order valence-electron chi connectivity index (χ3n) is 4.73. The van der Waals surface area contributed by atoms with Gasteiger partial charge in [0.05, 0.1) is 11.8 Å². The predicted molar refractivity (Wildman–Crippen MR) is 120 cm³/mol. The van der Waals surface area contributed by atoms with Gasteiger partial charge in [-0.3, -0.25) is 9.36 Å². The van der Waals surface area contributed by atoms with Crippen LogP contribution in [0, 0.1) is 6.92 Å². The summed E-state index contributed by atoms with van der Waals surface area (Å²) < 4.78 is 1.89. The molecule has 0 aliphatic carbocycles. The lowest BCUT2D eigenvalue weighted by Gasteiger charge is -2.19. The van der Waals surface area contributed by atoms with Crippen molar-refractivity contribution < 1.29 is 4.79 Å². The van der Waals surface area contributed by atoms with Gasteiger partial charge in [-0.25, -0.2) is 0 Å². The van der Waals surface area contributed by atoms with Gasteiger partial charge in [-0.1, -0.05) is 90.1 Å². The smallest absolute Gasteiger partial charge is 0.231 e. The Morgan fingerprint density at radius 2 is 1.53 bits per heavy atom. The minimum atomic E-state index is -0.199. The number of thioether (sulfide) groups is 1. The number of hydrogen-bond donors (Lipinski definition) is 1. The molecule has 0 atom stereocenters. The Morgan fingerprint density at radius 1 is 0.933 bits per heavy atom. The first-order chi connectivity index (χ1) is 14.7. The van der Waals surface area contributed by atoms with Crippen molar-refractivity contribution in [2.75, 3.05) is 5.75 Å². The molecule has 150 valence electrons. The lowest BCUT2D eigenvalue weighted by atomic mass is 9.99. The van der Waals surface area contributed by atoms with Crippen molar-refractivity contribution in [2.45, 2.75) is 18.1 Å². The molecule has 0 aliphatic heterocycles. The highest BCUT2D eigenvalue weighted by Crippen LogP contribution is 2.23. The van der Waals surface area contributed by atoms with Gasteiger partial charge in [0, 0.05) is 5.69 Å². The maximum absolute atomic E-state index is 12.8. The number of nitrogens with zero attached hydrogens (tertiary/aromatic N) is 3. The Hall–Kier alpha value is -3.38. The largest absolute Gasteiger partial charge is 0.344 e. The summed E-state index contributed by atoms with van der Waals surface area (Å²) in [5.74, 6) is 0.192. The van der Waals surface area contributed by atoms with Crippen LogP contribution in [0.5, 0.6) is 0 Å². The number of amides is 1. The number of aryl methyl sites for hydroxylation is 1. The van der Waals surface area contributed by atoms with Crippen LogP contribution in [0.4, 0.5) is 0 Å². The van der Waals surface area contributed by atoms with Gasteiger partial charge in [-0.2, -0.15) is 0 Å². The average molecular weight is 415 g/mol. The number of aromatic nitrogens is 3. The van der Waals surface area contributed by atoms with Crippen LogP contribution in [0.15, 0.2) is 96.4 Å². The summed E-state index contributed by atoms with van der Waals surface area (Å²) in [6, 6.07) is 27.9. The van der Waals surface area contributed by atoms with Crippen molar-refractivity contribution in [1.29, 1.82) is 0 Å². The molecule has 4 rings (SSSR count). The highest BCUT2D eigenvalue weighted by molar-refractivity contribution is 7.99. The minimum absolute atomic E-state index is 0.0591. The molecular weight excluding hydrogens is 392 g/mol. The fourth-order valence-corrected chi connectivity index (χ4v) is 3.93. The number of nitrogens with one attached hydrogen (secondary N) is 1. The number of carbonyl (C=O) groups is 1. The van der Waals surface area contributed by atoms with Crippen LogP contribution in [0.2, 0.25) is 0 Å². The van der Waals surface area contributed by atoms with E-state index >= 15 is 0 Å². The SMILES string of the molecule is Cc1ccc(-n2cnnc2SCC(=O)NC(c2ccccc2)c2ccccc2)cc1. The van der Waals surface area contributed by atoms with E-state index in [1.807, 2.05) is 96.4 Å². The van der Waals surface area contributed by atoms with Crippen LogP contribution < -0.4 is 5.32 Å². The number of hydrogen-bond acceptors (Lipinski definition) is 4. The topological polar surface area (TPSA) is 59.8 Å². The highest BCUT2D eigenvalue weighted by Gasteiger charge is 2.17. The molecule has 0 unspecified atom stereocenters. The Morgan fingerprint density at radius 3 is 2.13 bits per heavy atom. The summed E-state index contributed by atoms with van der Waals surface area (Å²) in [6.07, 6.45) is 1.67. The molecule has 1 heterocycles. The summed E-state index contributed by atoms with van der Waals surface area (Å²) >= 11 is 1.37. The molecule has 6 heteroatoms. The summed E-state index contributed by atoms with van der Waals surface area (Å²) in [6.45, 7) is 2.05. The van der Waals surface area contributed by atoms with E-state index in [1.54, 1.807) is 6.33 Å².